The fourth-order valence-corrected chi connectivity index (χ4v) is 3.10. The number of fused-ring (bicyclic) bond motifs is 1. The number of amides is 1. The molecule has 1 amide bonds. The fraction of sp³-hybridized carbons (Fsp3) is 0.0500. The van der Waals surface area contributed by atoms with Crippen molar-refractivity contribution in [3.05, 3.63) is 83.3 Å². The topological polar surface area (TPSA) is 59.8 Å². The van der Waals surface area contributed by atoms with Gasteiger partial charge in [-0.2, -0.15) is 18.3 Å². The van der Waals surface area contributed by atoms with E-state index in [1.165, 1.54) is 12.1 Å². The van der Waals surface area contributed by atoms with Crippen molar-refractivity contribution >= 4 is 34.1 Å². The van der Waals surface area contributed by atoms with E-state index in [4.69, 9.17) is 11.6 Å². The highest BCUT2D eigenvalue weighted by Crippen LogP contribution is 2.31. The number of nitrogens with zero attached hydrogens (tertiary/aromatic N) is 3. The highest BCUT2D eigenvalue weighted by molar-refractivity contribution is 6.32. The quantitative estimate of drug-likeness (QED) is 0.490. The third-order valence-corrected chi connectivity index (χ3v) is 4.51. The first-order valence-corrected chi connectivity index (χ1v) is 8.79. The normalized spacial score (nSPS) is 11.6. The summed E-state index contributed by atoms with van der Waals surface area (Å²) in [5.74, 6) is -0.772. The summed E-state index contributed by atoms with van der Waals surface area (Å²) in [6.45, 7) is 0. The van der Waals surface area contributed by atoms with Gasteiger partial charge in [-0.15, -0.1) is 0 Å². The van der Waals surface area contributed by atoms with Crippen molar-refractivity contribution in [3.8, 4) is 5.69 Å². The van der Waals surface area contributed by atoms with Gasteiger partial charge in [-0.25, -0.2) is 4.68 Å². The van der Waals surface area contributed by atoms with Crippen LogP contribution in [0.15, 0.2) is 66.9 Å². The average molecular weight is 417 g/mol. The Morgan fingerprint density at radius 1 is 1.03 bits per heavy atom. The summed E-state index contributed by atoms with van der Waals surface area (Å²) >= 11 is 6.11. The third kappa shape index (κ3) is 3.66. The Labute approximate surface area is 167 Å². The summed E-state index contributed by atoms with van der Waals surface area (Å²) in [5, 5.41) is 7.13. The number of hydrogen-bond donors (Lipinski definition) is 1. The molecule has 0 radical (unpaired) electrons. The number of rotatable bonds is 3. The van der Waals surface area contributed by atoms with Gasteiger partial charge in [0.25, 0.3) is 5.91 Å². The van der Waals surface area contributed by atoms with E-state index in [0.717, 1.165) is 10.1 Å². The van der Waals surface area contributed by atoms with E-state index in [0.29, 0.717) is 17.3 Å². The molecule has 0 unspecified atom stereocenters. The lowest BCUT2D eigenvalue weighted by atomic mass is 10.2. The van der Waals surface area contributed by atoms with Crippen molar-refractivity contribution in [1.29, 1.82) is 0 Å². The lowest BCUT2D eigenvalue weighted by Gasteiger charge is -2.11. The molecule has 146 valence electrons. The molecule has 0 saturated carbocycles. The standard InChI is InChI=1S/C20H12ClF3N4O/c21-13-7-1-2-9-15(13)28-16(11-17(27-28)20(22,23)24)19(29)26-14-8-3-5-12-6-4-10-25-18(12)14/h1-11H,(H,26,29). The fourth-order valence-electron chi connectivity index (χ4n) is 2.88. The van der Waals surface area contributed by atoms with Crippen LogP contribution in [0.3, 0.4) is 0 Å². The molecule has 0 aliphatic carbocycles. The van der Waals surface area contributed by atoms with Gasteiger partial charge >= 0.3 is 6.18 Å². The molecule has 2 heterocycles. The number of pyridine rings is 1. The van der Waals surface area contributed by atoms with Gasteiger partial charge in [-0.1, -0.05) is 41.9 Å². The van der Waals surface area contributed by atoms with Crippen molar-refractivity contribution in [2.75, 3.05) is 5.32 Å². The van der Waals surface area contributed by atoms with E-state index in [9.17, 15) is 18.0 Å². The molecule has 2 aromatic heterocycles. The second kappa shape index (κ2) is 7.21. The first-order valence-electron chi connectivity index (χ1n) is 8.42. The maximum Gasteiger partial charge on any atom is 0.435 e. The average Bonchev–Trinajstić information content (AvgIpc) is 3.14. The van der Waals surface area contributed by atoms with Crippen LogP contribution in [0.25, 0.3) is 16.6 Å². The molecular weight excluding hydrogens is 405 g/mol. The van der Waals surface area contributed by atoms with Crippen molar-refractivity contribution in [3.63, 3.8) is 0 Å². The number of anilines is 1. The SMILES string of the molecule is O=C(Nc1cccc2cccnc12)c1cc(C(F)(F)F)nn1-c1ccccc1Cl. The third-order valence-electron chi connectivity index (χ3n) is 4.19. The minimum atomic E-state index is -4.72. The van der Waals surface area contributed by atoms with E-state index in [1.54, 1.807) is 36.5 Å². The van der Waals surface area contributed by atoms with Gasteiger partial charge in [0.2, 0.25) is 0 Å². The number of carbonyl (C=O) groups is 1. The lowest BCUT2D eigenvalue weighted by Crippen LogP contribution is -2.17. The molecule has 0 spiro atoms. The van der Waals surface area contributed by atoms with Gasteiger partial charge in [-0.05, 0) is 24.3 Å². The van der Waals surface area contributed by atoms with Gasteiger partial charge < -0.3 is 5.32 Å². The largest absolute Gasteiger partial charge is 0.435 e. The smallest absolute Gasteiger partial charge is 0.319 e. The Bertz CT molecular complexity index is 1210. The summed E-state index contributed by atoms with van der Waals surface area (Å²) in [5.41, 5.74) is -0.459. The number of aromatic nitrogens is 3. The zero-order chi connectivity index (χ0) is 20.6. The summed E-state index contributed by atoms with van der Waals surface area (Å²) in [6, 6.07) is 15.6. The summed E-state index contributed by atoms with van der Waals surface area (Å²) < 4.78 is 40.6. The number of carbonyl (C=O) groups excluding carboxylic acids is 1. The number of para-hydroxylation sites is 2. The van der Waals surface area contributed by atoms with Gasteiger partial charge in [0.1, 0.15) is 5.69 Å². The molecular formula is C20H12ClF3N4O. The Kier molecular flexibility index (Phi) is 4.71. The van der Waals surface area contributed by atoms with Crippen LogP contribution in [0.1, 0.15) is 16.2 Å². The Morgan fingerprint density at radius 2 is 1.79 bits per heavy atom. The highest BCUT2D eigenvalue weighted by Gasteiger charge is 2.36. The molecule has 0 fully saturated rings. The van der Waals surface area contributed by atoms with E-state index in [2.05, 4.69) is 15.4 Å². The maximum absolute atomic E-state index is 13.2. The van der Waals surface area contributed by atoms with E-state index in [-0.39, 0.29) is 16.4 Å². The van der Waals surface area contributed by atoms with Crippen LogP contribution in [0, 0.1) is 0 Å². The zero-order valence-electron chi connectivity index (χ0n) is 14.6. The molecule has 0 aliphatic heterocycles. The van der Waals surface area contributed by atoms with Crippen LogP contribution in [0.4, 0.5) is 18.9 Å². The number of benzene rings is 2. The van der Waals surface area contributed by atoms with E-state index >= 15 is 0 Å². The van der Waals surface area contributed by atoms with Crippen LogP contribution in [-0.2, 0) is 6.18 Å². The highest BCUT2D eigenvalue weighted by atomic mass is 35.5. The minimum absolute atomic E-state index is 0.158. The first kappa shape index (κ1) is 18.9. The van der Waals surface area contributed by atoms with Crippen LogP contribution in [0.2, 0.25) is 5.02 Å². The molecule has 0 bridgehead atoms. The summed E-state index contributed by atoms with van der Waals surface area (Å²) in [4.78, 5) is 17.1. The second-order valence-corrected chi connectivity index (χ2v) is 6.52. The first-order chi connectivity index (χ1) is 13.8. The van der Waals surface area contributed by atoms with Crippen molar-refractivity contribution in [2.24, 2.45) is 0 Å². The maximum atomic E-state index is 13.2. The number of halogens is 4. The van der Waals surface area contributed by atoms with Crippen LogP contribution in [0.5, 0.6) is 0 Å². The molecule has 2 aromatic carbocycles. The molecule has 5 nitrogen and oxygen atoms in total. The molecule has 9 heteroatoms. The van der Waals surface area contributed by atoms with Gasteiger partial charge in [-0.3, -0.25) is 9.78 Å². The molecule has 0 atom stereocenters. The minimum Gasteiger partial charge on any atom is -0.319 e. The van der Waals surface area contributed by atoms with Crippen LogP contribution < -0.4 is 5.32 Å². The Hall–Kier alpha value is -3.39. The monoisotopic (exact) mass is 416 g/mol. The van der Waals surface area contributed by atoms with E-state index < -0.39 is 17.8 Å². The molecule has 0 aliphatic rings. The molecule has 4 aromatic rings. The predicted molar refractivity (Wildman–Crippen MR) is 103 cm³/mol. The van der Waals surface area contributed by atoms with Gasteiger partial charge in [0.05, 0.1) is 21.9 Å². The van der Waals surface area contributed by atoms with Crippen molar-refractivity contribution in [2.45, 2.75) is 6.18 Å². The Morgan fingerprint density at radius 3 is 2.55 bits per heavy atom. The van der Waals surface area contributed by atoms with Gasteiger partial charge in [0.15, 0.2) is 5.69 Å². The number of alkyl halides is 3. The molecule has 0 saturated heterocycles. The van der Waals surface area contributed by atoms with E-state index in [1.807, 2.05) is 12.1 Å². The molecule has 29 heavy (non-hydrogen) atoms. The predicted octanol–water partition coefficient (Wildman–Crippen LogP) is 5.35. The summed E-state index contributed by atoms with van der Waals surface area (Å²) in [6.07, 6.45) is -3.16. The van der Waals surface area contributed by atoms with Crippen molar-refractivity contribution < 1.29 is 18.0 Å². The van der Waals surface area contributed by atoms with Crippen LogP contribution in [-0.4, -0.2) is 20.7 Å². The zero-order valence-corrected chi connectivity index (χ0v) is 15.4. The molecule has 1 N–H and O–H groups in total. The number of hydrogen-bond acceptors (Lipinski definition) is 3. The lowest BCUT2D eigenvalue weighted by molar-refractivity contribution is -0.141. The Balaban J connectivity index is 1.80. The second-order valence-electron chi connectivity index (χ2n) is 6.11. The molecule has 4 rings (SSSR count). The van der Waals surface area contributed by atoms with Crippen molar-refractivity contribution in [1.82, 2.24) is 14.8 Å². The van der Waals surface area contributed by atoms with Crippen LogP contribution >= 0.6 is 11.6 Å². The summed E-state index contributed by atoms with van der Waals surface area (Å²) in [7, 11) is 0. The van der Waals surface area contributed by atoms with Gasteiger partial charge in [0, 0.05) is 17.6 Å². The number of nitrogens with one attached hydrogen (secondary N) is 1.